The number of hydrogen-bond acceptors (Lipinski definition) is 5. The number of rotatable bonds is 4. The molecule has 0 spiro atoms. The Kier molecular flexibility index (Phi) is 4.62. The number of thiazole rings is 1. The molecule has 1 fully saturated rings. The molecule has 1 unspecified atom stereocenters. The van der Waals surface area contributed by atoms with Crippen molar-refractivity contribution in [3.8, 4) is 0 Å². The number of anilines is 1. The molecule has 1 aliphatic heterocycles. The third kappa shape index (κ3) is 3.30. The average Bonchev–Trinajstić information content (AvgIpc) is 3.34. The summed E-state index contributed by atoms with van der Waals surface area (Å²) in [7, 11) is -3.52. The summed E-state index contributed by atoms with van der Waals surface area (Å²) in [6, 6.07) is 1.40. The van der Waals surface area contributed by atoms with Crippen molar-refractivity contribution in [2.75, 3.05) is 18.4 Å². The molecule has 2 N–H and O–H groups in total. The van der Waals surface area contributed by atoms with Crippen LogP contribution in [0.3, 0.4) is 0 Å². The van der Waals surface area contributed by atoms with Gasteiger partial charge in [0.05, 0.1) is 5.69 Å². The maximum Gasteiger partial charge on any atom is 0.273 e. The van der Waals surface area contributed by atoms with Crippen LogP contribution in [0.1, 0.15) is 47.2 Å². The number of carbonyl (C=O) groups excluding carboxylic acids is 1. The van der Waals surface area contributed by atoms with E-state index in [2.05, 4.69) is 22.2 Å². The van der Waals surface area contributed by atoms with Crippen molar-refractivity contribution in [3.05, 3.63) is 28.5 Å². The lowest BCUT2D eigenvalue weighted by molar-refractivity contribution is 0.102. The van der Waals surface area contributed by atoms with Crippen molar-refractivity contribution in [1.82, 2.24) is 14.3 Å². The summed E-state index contributed by atoms with van der Waals surface area (Å²) in [5.41, 5.74) is 1.30. The summed E-state index contributed by atoms with van der Waals surface area (Å²) in [5, 5.41) is 3.37. The number of nitrogens with zero attached hydrogens (tertiary/aromatic N) is 2. The number of aromatic amines is 1. The van der Waals surface area contributed by atoms with Gasteiger partial charge >= 0.3 is 0 Å². The molecule has 1 amide bonds. The lowest BCUT2D eigenvalue weighted by atomic mass is 9.93. The zero-order chi connectivity index (χ0) is 18.3. The predicted octanol–water partition coefficient (Wildman–Crippen LogP) is 2.63. The zero-order valence-electron chi connectivity index (χ0n) is 14.6. The third-order valence-electron chi connectivity index (χ3n) is 5.01. The van der Waals surface area contributed by atoms with Crippen molar-refractivity contribution in [2.45, 2.75) is 43.9 Å². The van der Waals surface area contributed by atoms with Gasteiger partial charge in [-0.05, 0) is 44.1 Å². The maximum atomic E-state index is 12.6. The summed E-state index contributed by atoms with van der Waals surface area (Å²) in [5.74, 6) is 0.278. The summed E-state index contributed by atoms with van der Waals surface area (Å²) in [6.45, 7) is 3.30. The fourth-order valence-electron chi connectivity index (χ4n) is 3.49. The molecule has 2 aromatic rings. The van der Waals surface area contributed by atoms with Crippen LogP contribution in [0.4, 0.5) is 5.13 Å². The van der Waals surface area contributed by atoms with Crippen LogP contribution in [0.5, 0.6) is 0 Å². The molecule has 9 heteroatoms. The lowest BCUT2D eigenvalue weighted by Crippen LogP contribution is -2.27. The van der Waals surface area contributed by atoms with E-state index in [4.69, 9.17) is 0 Å². The fraction of sp³-hybridized carbons (Fsp3) is 0.529. The van der Waals surface area contributed by atoms with E-state index in [-0.39, 0.29) is 16.5 Å². The summed E-state index contributed by atoms with van der Waals surface area (Å²) < 4.78 is 26.6. The van der Waals surface area contributed by atoms with Gasteiger partial charge < -0.3 is 4.98 Å². The standard InChI is InChI=1S/C17H22N4O3S2/c1-11-4-5-13-15(8-11)25-17(19-13)20-16(22)14-9-12(10-18-14)26(23,24)21-6-2-3-7-21/h9-11,18H,2-8H2,1H3,(H,19,20,22). The van der Waals surface area contributed by atoms with E-state index in [1.807, 2.05) is 0 Å². The zero-order valence-corrected chi connectivity index (χ0v) is 16.3. The SMILES string of the molecule is CC1CCc2nc(NC(=O)c3cc(S(=O)(=O)N4CCCC4)c[nH]3)sc2C1. The van der Waals surface area contributed by atoms with E-state index in [0.717, 1.165) is 37.8 Å². The number of aryl methyl sites for hydroxylation is 1. The molecule has 26 heavy (non-hydrogen) atoms. The second kappa shape index (κ2) is 6.79. The van der Waals surface area contributed by atoms with Gasteiger partial charge in [0.1, 0.15) is 10.6 Å². The van der Waals surface area contributed by atoms with Crippen LogP contribution in [-0.2, 0) is 22.9 Å². The second-order valence-corrected chi connectivity index (χ2v) is 10.1. The van der Waals surface area contributed by atoms with Gasteiger partial charge in [0.2, 0.25) is 10.0 Å². The molecule has 0 saturated carbocycles. The number of amides is 1. The molecule has 0 radical (unpaired) electrons. The van der Waals surface area contributed by atoms with E-state index >= 15 is 0 Å². The highest BCUT2D eigenvalue weighted by molar-refractivity contribution is 7.89. The van der Waals surface area contributed by atoms with Crippen molar-refractivity contribution >= 4 is 32.4 Å². The Morgan fingerprint density at radius 1 is 1.38 bits per heavy atom. The molecule has 0 bridgehead atoms. The fourth-order valence-corrected chi connectivity index (χ4v) is 6.17. The van der Waals surface area contributed by atoms with Crippen molar-refractivity contribution in [1.29, 1.82) is 0 Å². The Morgan fingerprint density at radius 2 is 2.15 bits per heavy atom. The van der Waals surface area contributed by atoms with Gasteiger partial charge in [0.15, 0.2) is 5.13 Å². The highest BCUT2D eigenvalue weighted by atomic mass is 32.2. The molecule has 1 aliphatic carbocycles. The van der Waals surface area contributed by atoms with Crippen molar-refractivity contribution < 1.29 is 13.2 Å². The molecule has 1 atom stereocenters. The number of hydrogen-bond donors (Lipinski definition) is 2. The van der Waals surface area contributed by atoms with Crippen LogP contribution < -0.4 is 5.32 Å². The smallest absolute Gasteiger partial charge is 0.273 e. The molecule has 4 rings (SSSR count). The minimum atomic E-state index is -3.52. The van der Waals surface area contributed by atoms with Crippen molar-refractivity contribution in [2.24, 2.45) is 5.92 Å². The van der Waals surface area contributed by atoms with Gasteiger partial charge in [-0.25, -0.2) is 13.4 Å². The van der Waals surface area contributed by atoms with Gasteiger partial charge in [0.25, 0.3) is 5.91 Å². The number of carbonyl (C=O) groups is 1. The van der Waals surface area contributed by atoms with Crippen LogP contribution >= 0.6 is 11.3 Å². The number of H-pyrrole nitrogens is 1. The molecule has 140 valence electrons. The van der Waals surface area contributed by atoms with E-state index in [1.165, 1.54) is 32.8 Å². The first-order valence-electron chi connectivity index (χ1n) is 8.92. The molecule has 7 nitrogen and oxygen atoms in total. The first-order valence-corrected chi connectivity index (χ1v) is 11.2. The highest BCUT2D eigenvalue weighted by Crippen LogP contribution is 2.32. The predicted molar refractivity (Wildman–Crippen MR) is 100 cm³/mol. The quantitative estimate of drug-likeness (QED) is 0.833. The maximum absolute atomic E-state index is 12.6. The van der Waals surface area contributed by atoms with Crippen LogP contribution in [0.25, 0.3) is 0 Å². The van der Waals surface area contributed by atoms with E-state index in [9.17, 15) is 13.2 Å². The highest BCUT2D eigenvalue weighted by Gasteiger charge is 2.29. The monoisotopic (exact) mass is 394 g/mol. The number of nitrogens with one attached hydrogen (secondary N) is 2. The lowest BCUT2D eigenvalue weighted by Gasteiger charge is -2.15. The van der Waals surface area contributed by atoms with Gasteiger partial charge in [-0.2, -0.15) is 4.31 Å². The van der Waals surface area contributed by atoms with Gasteiger partial charge in [-0.3, -0.25) is 10.1 Å². The van der Waals surface area contributed by atoms with E-state index in [1.54, 1.807) is 0 Å². The minimum Gasteiger partial charge on any atom is -0.356 e. The Balaban J connectivity index is 1.49. The first-order chi connectivity index (χ1) is 12.4. The normalized spacial score (nSPS) is 20.9. The van der Waals surface area contributed by atoms with Crippen LogP contribution in [0.2, 0.25) is 0 Å². The Hall–Kier alpha value is -1.71. The molecule has 0 aromatic carbocycles. The molecule has 2 aromatic heterocycles. The van der Waals surface area contributed by atoms with Crippen LogP contribution in [0, 0.1) is 5.92 Å². The molecule has 3 heterocycles. The van der Waals surface area contributed by atoms with Gasteiger partial charge in [-0.15, -0.1) is 11.3 Å². The van der Waals surface area contributed by atoms with Crippen LogP contribution in [0.15, 0.2) is 17.2 Å². The Bertz CT molecular complexity index is 926. The summed E-state index contributed by atoms with van der Waals surface area (Å²) >= 11 is 1.51. The largest absolute Gasteiger partial charge is 0.356 e. The molecule has 1 saturated heterocycles. The van der Waals surface area contributed by atoms with Crippen molar-refractivity contribution in [3.63, 3.8) is 0 Å². The summed E-state index contributed by atoms with van der Waals surface area (Å²) in [6.07, 6.45) is 6.22. The van der Waals surface area contributed by atoms with Gasteiger partial charge in [-0.1, -0.05) is 6.92 Å². The average molecular weight is 395 g/mol. The Labute approximate surface area is 156 Å². The number of sulfonamides is 1. The minimum absolute atomic E-state index is 0.136. The second-order valence-electron chi connectivity index (χ2n) is 7.05. The Morgan fingerprint density at radius 3 is 2.92 bits per heavy atom. The molecular formula is C17H22N4O3S2. The van der Waals surface area contributed by atoms with Gasteiger partial charge in [0, 0.05) is 24.2 Å². The first kappa shape index (κ1) is 17.7. The van der Waals surface area contributed by atoms with Crippen LogP contribution in [-0.4, -0.2) is 41.7 Å². The van der Waals surface area contributed by atoms with E-state index < -0.39 is 10.0 Å². The molecule has 2 aliphatic rings. The van der Waals surface area contributed by atoms with E-state index in [0.29, 0.717) is 24.1 Å². The third-order valence-corrected chi connectivity index (χ3v) is 7.92. The number of aromatic nitrogens is 2. The molecular weight excluding hydrogens is 372 g/mol. The number of fused-ring (bicyclic) bond motifs is 1. The topological polar surface area (TPSA) is 95.2 Å². The summed E-state index contributed by atoms with van der Waals surface area (Å²) in [4.78, 5) is 21.1.